The maximum absolute atomic E-state index is 3.72. The molecule has 0 bridgehead atoms. The largest absolute Gasteiger partial charge is 0.306 e. The van der Waals surface area contributed by atoms with Gasteiger partial charge in [-0.25, -0.2) is 0 Å². The molecule has 0 aliphatic rings. The van der Waals surface area contributed by atoms with Gasteiger partial charge in [-0.15, -0.1) is 11.3 Å². The molecule has 21 heavy (non-hydrogen) atoms. The molecule has 3 heteroatoms. The molecule has 0 spiro atoms. The molecule has 2 rings (SSSR count). The summed E-state index contributed by atoms with van der Waals surface area (Å²) in [6.45, 7) is 9.88. The van der Waals surface area contributed by atoms with E-state index in [4.69, 9.17) is 0 Å². The first-order valence-electron chi connectivity index (χ1n) is 7.62. The molecule has 0 amide bonds. The maximum atomic E-state index is 3.72. The van der Waals surface area contributed by atoms with E-state index in [0.717, 1.165) is 13.0 Å². The van der Waals surface area contributed by atoms with Gasteiger partial charge in [0.1, 0.15) is 0 Å². The van der Waals surface area contributed by atoms with Crippen LogP contribution >= 0.6 is 27.3 Å². The van der Waals surface area contributed by atoms with Crippen LogP contribution in [-0.2, 0) is 0 Å². The van der Waals surface area contributed by atoms with E-state index in [1.165, 1.54) is 25.4 Å². The summed E-state index contributed by atoms with van der Waals surface area (Å²) in [6.07, 6.45) is 1.14. The van der Waals surface area contributed by atoms with Gasteiger partial charge in [-0.05, 0) is 58.9 Å². The third kappa shape index (κ3) is 4.18. The first-order chi connectivity index (χ1) is 10.0. The summed E-state index contributed by atoms with van der Waals surface area (Å²) in [7, 11) is 0. The fourth-order valence-electron chi connectivity index (χ4n) is 2.42. The van der Waals surface area contributed by atoms with Crippen molar-refractivity contribution in [3.05, 3.63) is 55.7 Å². The summed E-state index contributed by atoms with van der Waals surface area (Å²) >= 11 is 5.58. The lowest BCUT2D eigenvalue weighted by Crippen LogP contribution is -2.22. The average Bonchev–Trinajstić information content (AvgIpc) is 2.79. The summed E-state index contributed by atoms with van der Waals surface area (Å²) in [5.41, 5.74) is 2.74. The van der Waals surface area contributed by atoms with Crippen molar-refractivity contribution in [2.75, 3.05) is 6.54 Å². The van der Waals surface area contributed by atoms with Gasteiger partial charge in [-0.3, -0.25) is 0 Å². The number of hydrogen-bond acceptors (Lipinski definition) is 2. The topological polar surface area (TPSA) is 12.0 Å². The average molecular weight is 366 g/mol. The number of thiophene rings is 1. The van der Waals surface area contributed by atoms with Crippen LogP contribution in [0, 0.1) is 6.92 Å². The molecule has 1 atom stereocenters. The molecular formula is C18H24BrNS. The van der Waals surface area contributed by atoms with Crippen LogP contribution in [0.2, 0.25) is 0 Å². The fourth-order valence-corrected chi connectivity index (χ4v) is 4.41. The van der Waals surface area contributed by atoms with Gasteiger partial charge in [-0.1, -0.05) is 45.0 Å². The molecule has 0 saturated carbocycles. The highest BCUT2D eigenvalue weighted by Gasteiger charge is 2.18. The molecule has 0 saturated heterocycles. The Hall–Kier alpha value is -0.640. The second kappa shape index (κ2) is 7.57. The molecule has 0 aliphatic heterocycles. The molecule has 1 aromatic heterocycles. The van der Waals surface area contributed by atoms with Crippen molar-refractivity contribution in [1.82, 2.24) is 5.32 Å². The van der Waals surface area contributed by atoms with Crippen molar-refractivity contribution >= 4 is 27.3 Å². The smallest absolute Gasteiger partial charge is 0.0682 e. The van der Waals surface area contributed by atoms with Crippen LogP contribution in [0.1, 0.15) is 60.0 Å². The maximum Gasteiger partial charge on any atom is 0.0682 e. The van der Waals surface area contributed by atoms with E-state index in [0.29, 0.717) is 5.92 Å². The Kier molecular flexibility index (Phi) is 6.03. The van der Waals surface area contributed by atoms with Crippen LogP contribution in [0.5, 0.6) is 0 Å². The van der Waals surface area contributed by atoms with Gasteiger partial charge < -0.3 is 5.32 Å². The number of hydrogen-bond donors (Lipinski definition) is 1. The summed E-state index contributed by atoms with van der Waals surface area (Å²) in [6, 6.07) is 11.5. The Bertz CT molecular complexity index is 571. The van der Waals surface area contributed by atoms with Gasteiger partial charge in [0.05, 0.1) is 6.04 Å². The first-order valence-corrected chi connectivity index (χ1v) is 9.23. The van der Waals surface area contributed by atoms with Gasteiger partial charge in [0.15, 0.2) is 0 Å². The molecule has 1 aromatic carbocycles. The molecule has 1 N–H and O–H groups in total. The third-order valence-corrected chi connectivity index (χ3v) is 5.67. The highest BCUT2D eigenvalue weighted by molar-refractivity contribution is 9.10. The van der Waals surface area contributed by atoms with Crippen molar-refractivity contribution in [3.63, 3.8) is 0 Å². The molecule has 0 aliphatic carbocycles. The monoisotopic (exact) mass is 365 g/mol. The third-order valence-electron chi connectivity index (χ3n) is 3.63. The molecule has 1 nitrogen and oxygen atoms in total. The van der Waals surface area contributed by atoms with E-state index in [1.54, 1.807) is 0 Å². The van der Waals surface area contributed by atoms with Crippen molar-refractivity contribution in [2.24, 2.45) is 0 Å². The number of rotatable bonds is 6. The molecule has 2 aromatic rings. The Morgan fingerprint density at radius 3 is 2.24 bits per heavy atom. The van der Waals surface area contributed by atoms with Crippen molar-refractivity contribution in [3.8, 4) is 0 Å². The van der Waals surface area contributed by atoms with Crippen molar-refractivity contribution in [2.45, 2.75) is 46.1 Å². The molecule has 114 valence electrons. The minimum Gasteiger partial charge on any atom is -0.306 e. The number of aryl methyl sites for hydroxylation is 1. The van der Waals surface area contributed by atoms with Crippen LogP contribution in [0.15, 0.2) is 34.8 Å². The molecule has 1 heterocycles. The van der Waals surface area contributed by atoms with E-state index < -0.39 is 0 Å². The van der Waals surface area contributed by atoms with E-state index in [-0.39, 0.29) is 6.04 Å². The SMILES string of the molecule is CCCNC(c1ccc(C(C)C)cc1)c1sc(C)cc1Br. The quantitative estimate of drug-likeness (QED) is 0.658. The fraction of sp³-hybridized carbons (Fsp3) is 0.444. The lowest BCUT2D eigenvalue weighted by molar-refractivity contribution is 0.604. The number of benzene rings is 1. The number of nitrogens with one attached hydrogen (secondary N) is 1. The minimum atomic E-state index is 0.277. The Morgan fingerprint density at radius 2 is 1.76 bits per heavy atom. The summed E-state index contributed by atoms with van der Waals surface area (Å²) in [5, 5.41) is 3.69. The van der Waals surface area contributed by atoms with Crippen LogP contribution in [0.3, 0.4) is 0 Å². The van der Waals surface area contributed by atoms with Crippen molar-refractivity contribution < 1.29 is 0 Å². The van der Waals surface area contributed by atoms with Gasteiger partial charge in [0, 0.05) is 14.2 Å². The second-order valence-corrected chi connectivity index (χ2v) is 7.92. The van der Waals surface area contributed by atoms with Gasteiger partial charge in [-0.2, -0.15) is 0 Å². The van der Waals surface area contributed by atoms with Crippen LogP contribution in [0.4, 0.5) is 0 Å². The van der Waals surface area contributed by atoms with E-state index >= 15 is 0 Å². The Balaban J connectivity index is 2.33. The molecule has 1 unspecified atom stereocenters. The lowest BCUT2D eigenvalue weighted by atomic mass is 9.98. The predicted octanol–water partition coefficient (Wildman–Crippen LogP) is 6.03. The lowest BCUT2D eigenvalue weighted by Gasteiger charge is -2.19. The van der Waals surface area contributed by atoms with Gasteiger partial charge in [0.2, 0.25) is 0 Å². The van der Waals surface area contributed by atoms with Crippen molar-refractivity contribution in [1.29, 1.82) is 0 Å². The van der Waals surface area contributed by atoms with Crippen LogP contribution < -0.4 is 5.32 Å². The van der Waals surface area contributed by atoms with Gasteiger partial charge in [0.25, 0.3) is 0 Å². The first kappa shape index (κ1) is 16.7. The highest BCUT2D eigenvalue weighted by atomic mass is 79.9. The van der Waals surface area contributed by atoms with E-state index in [2.05, 4.69) is 79.3 Å². The Labute approximate surface area is 140 Å². The normalized spacial score (nSPS) is 12.9. The molecule has 0 radical (unpaired) electrons. The van der Waals surface area contributed by atoms with Crippen LogP contribution in [-0.4, -0.2) is 6.54 Å². The summed E-state index contributed by atoms with van der Waals surface area (Å²) in [5.74, 6) is 0.580. The zero-order chi connectivity index (χ0) is 15.4. The highest BCUT2D eigenvalue weighted by Crippen LogP contribution is 2.36. The Morgan fingerprint density at radius 1 is 1.14 bits per heavy atom. The number of halogens is 1. The molecule has 0 fully saturated rings. The predicted molar refractivity (Wildman–Crippen MR) is 97.4 cm³/mol. The zero-order valence-corrected chi connectivity index (χ0v) is 15.6. The van der Waals surface area contributed by atoms with E-state index in [9.17, 15) is 0 Å². The summed E-state index contributed by atoms with van der Waals surface area (Å²) < 4.78 is 1.21. The zero-order valence-electron chi connectivity index (χ0n) is 13.2. The van der Waals surface area contributed by atoms with E-state index in [1.807, 2.05) is 11.3 Å². The second-order valence-electron chi connectivity index (χ2n) is 5.78. The minimum absolute atomic E-state index is 0.277. The summed E-state index contributed by atoms with van der Waals surface area (Å²) in [4.78, 5) is 2.72. The van der Waals surface area contributed by atoms with Gasteiger partial charge >= 0.3 is 0 Å². The van der Waals surface area contributed by atoms with Crippen LogP contribution in [0.25, 0.3) is 0 Å². The standard InChI is InChI=1S/C18H24BrNS/c1-5-10-20-17(18-16(19)11-13(4)21-18)15-8-6-14(7-9-15)12(2)3/h6-9,11-12,17,20H,5,10H2,1-4H3. The molecular weight excluding hydrogens is 342 g/mol.